The summed E-state index contributed by atoms with van der Waals surface area (Å²) >= 11 is 3.43. The molecule has 6 rings (SSSR count). The first-order valence-corrected chi connectivity index (χ1v) is 11.6. The molecule has 2 aliphatic rings. The third kappa shape index (κ3) is 2.43. The minimum Gasteiger partial charge on any atom is -0.507 e. The van der Waals surface area contributed by atoms with Crippen molar-refractivity contribution in [1.82, 2.24) is 9.36 Å². The summed E-state index contributed by atoms with van der Waals surface area (Å²) in [5.41, 5.74) is 2.21. The lowest BCUT2D eigenvalue weighted by molar-refractivity contribution is -0.122. The van der Waals surface area contributed by atoms with Crippen molar-refractivity contribution >= 4 is 33.2 Å². The number of hydrazone groups is 1. The Kier molecular flexibility index (Phi) is 4.28. The molecule has 4 aromatic rings. The zero-order chi connectivity index (χ0) is 23.8. The zero-order valence-electron chi connectivity index (χ0n) is 18.4. The zero-order valence-corrected chi connectivity index (χ0v) is 19.9. The highest BCUT2D eigenvalue weighted by molar-refractivity contribution is 9.10. The third-order valence-electron chi connectivity index (χ3n) is 6.63. The van der Waals surface area contributed by atoms with E-state index in [1.54, 1.807) is 29.8 Å². The molecule has 8 heteroatoms. The van der Waals surface area contributed by atoms with Crippen LogP contribution < -0.4 is 10.6 Å². The van der Waals surface area contributed by atoms with Crippen molar-refractivity contribution in [3.63, 3.8) is 0 Å². The van der Waals surface area contributed by atoms with E-state index in [1.807, 2.05) is 61.5 Å². The lowest BCUT2D eigenvalue weighted by atomic mass is 9.85. The molecule has 1 N–H and O–H groups in total. The summed E-state index contributed by atoms with van der Waals surface area (Å²) in [6.45, 7) is 3.61. The molecule has 1 atom stereocenters. The Bertz CT molecular complexity index is 1600. The minimum absolute atomic E-state index is 0.00958. The summed E-state index contributed by atoms with van der Waals surface area (Å²) in [5.74, 6) is -0.275. The Balaban J connectivity index is 1.69. The number of benzene rings is 3. The summed E-state index contributed by atoms with van der Waals surface area (Å²) in [6, 6.07) is 21.6. The number of anilines is 1. The van der Waals surface area contributed by atoms with Crippen molar-refractivity contribution in [2.24, 2.45) is 5.10 Å². The van der Waals surface area contributed by atoms with E-state index in [0.717, 1.165) is 4.47 Å². The maximum Gasteiger partial charge on any atom is 0.285 e. The van der Waals surface area contributed by atoms with E-state index in [9.17, 15) is 14.7 Å². The predicted molar refractivity (Wildman–Crippen MR) is 134 cm³/mol. The Morgan fingerprint density at radius 1 is 0.941 bits per heavy atom. The van der Waals surface area contributed by atoms with Gasteiger partial charge >= 0.3 is 0 Å². The first-order valence-electron chi connectivity index (χ1n) is 10.8. The van der Waals surface area contributed by atoms with E-state index < -0.39 is 5.54 Å². The second kappa shape index (κ2) is 7.04. The average Bonchev–Trinajstić information content (AvgIpc) is 3.40. The number of phenols is 1. The molecule has 0 fully saturated rings. The van der Waals surface area contributed by atoms with Crippen molar-refractivity contribution in [2.75, 3.05) is 5.01 Å². The second-order valence-electron chi connectivity index (χ2n) is 8.42. The summed E-state index contributed by atoms with van der Waals surface area (Å²) in [4.78, 5) is 28.1. The standard InChI is InChI=1S/C26H19BrN4O3/c1-15-23(19-14-17(27)12-13-22(19)32)24(33)30-21-11-7-6-10-20(21)26(31(15)30)16(2)28-29(25(26)34)18-8-4-3-5-9-18/h3-14,32H,1-2H3. The second-order valence-corrected chi connectivity index (χ2v) is 9.33. The SMILES string of the molecule is CC1=NN(c2ccccc2)C(=O)C12c1ccccc1-n1c(=O)c(-c3cc(Br)ccc3O)c(C)n12. The van der Waals surface area contributed by atoms with Gasteiger partial charge in [0.1, 0.15) is 5.75 Å². The van der Waals surface area contributed by atoms with Crippen LogP contribution in [0.25, 0.3) is 16.8 Å². The molecule has 1 unspecified atom stereocenters. The first kappa shape index (κ1) is 20.7. The van der Waals surface area contributed by atoms with Gasteiger partial charge in [0.15, 0.2) is 0 Å². The highest BCUT2D eigenvalue weighted by Gasteiger charge is 2.59. The number of hydrogen-bond donors (Lipinski definition) is 1. The molecule has 168 valence electrons. The van der Waals surface area contributed by atoms with E-state index in [4.69, 9.17) is 0 Å². The number of carbonyl (C=O) groups is 1. The molecule has 3 aromatic carbocycles. The first-order chi connectivity index (χ1) is 16.4. The number of phenolic OH excluding ortho intramolecular Hbond substituents is 1. The van der Waals surface area contributed by atoms with Crippen LogP contribution in [0.3, 0.4) is 0 Å². The van der Waals surface area contributed by atoms with Crippen molar-refractivity contribution in [3.05, 3.63) is 98.9 Å². The maximum absolute atomic E-state index is 14.2. The van der Waals surface area contributed by atoms with Crippen LogP contribution in [0.4, 0.5) is 5.69 Å². The summed E-state index contributed by atoms with van der Waals surface area (Å²) in [7, 11) is 0. The van der Waals surface area contributed by atoms with Crippen LogP contribution in [0.2, 0.25) is 0 Å². The number of carbonyl (C=O) groups excluding carboxylic acids is 1. The van der Waals surface area contributed by atoms with Crippen molar-refractivity contribution in [1.29, 1.82) is 0 Å². The molecule has 7 nitrogen and oxygen atoms in total. The van der Waals surface area contributed by atoms with Gasteiger partial charge in [0.05, 0.1) is 22.6 Å². The molecule has 0 bridgehead atoms. The monoisotopic (exact) mass is 514 g/mol. The summed E-state index contributed by atoms with van der Waals surface area (Å²) < 4.78 is 4.00. The molecule has 0 radical (unpaired) electrons. The van der Waals surface area contributed by atoms with Crippen molar-refractivity contribution in [3.8, 4) is 22.6 Å². The topological polar surface area (TPSA) is 79.8 Å². The van der Waals surface area contributed by atoms with Crippen molar-refractivity contribution in [2.45, 2.75) is 19.4 Å². The van der Waals surface area contributed by atoms with Gasteiger partial charge in [-0.05, 0) is 50.2 Å². The normalized spacial score (nSPS) is 18.4. The summed E-state index contributed by atoms with van der Waals surface area (Å²) in [6.07, 6.45) is 0. The predicted octanol–water partition coefficient (Wildman–Crippen LogP) is 4.56. The summed E-state index contributed by atoms with van der Waals surface area (Å²) in [5, 5.41) is 16.7. The number of aromatic nitrogens is 2. The van der Waals surface area contributed by atoms with Gasteiger partial charge in [0.2, 0.25) is 5.54 Å². The average molecular weight is 515 g/mol. The van der Waals surface area contributed by atoms with Gasteiger partial charge < -0.3 is 5.11 Å². The van der Waals surface area contributed by atoms with Gasteiger partial charge in [-0.2, -0.15) is 10.1 Å². The van der Waals surface area contributed by atoms with Gasteiger partial charge in [0.25, 0.3) is 11.5 Å². The highest BCUT2D eigenvalue weighted by Crippen LogP contribution is 2.46. The number of nitrogens with zero attached hydrogens (tertiary/aromatic N) is 4. The molecular formula is C26H19BrN4O3. The fourth-order valence-corrected chi connectivity index (χ4v) is 5.56. The molecule has 2 aliphatic heterocycles. The molecule has 1 aromatic heterocycles. The molecule has 0 saturated heterocycles. The quantitative estimate of drug-likeness (QED) is 0.425. The van der Waals surface area contributed by atoms with Crippen LogP contribution in [-0.2, 0) is 10.3 Å². The number of amides is 1. The van der Waals surface area contributed by atoms with Gasteiger partial charge in [-0.1, -0.05) is 52.3 Å². The van der Waals surface area contributed by atoms with Crippen LogP contribution in [0.5, 0.6) is 5.75 Å². The van der Waals surface area contributed by atoms with Crippen LogP contribution in [0.15, 0.2) is 87.2 Å². The number of rotatable bonds is 2. The van der Waals surface area contributed by atoms with E-state index in [0.29, 0.717) is 39.5 Å². The van der Waals surface area contributed by atoms with E-state index in [-0.39, 0.29) is 17.2 Å². The lowest BCUT2D eigenvalue weighted by Gasteiger charge is -2.27. The number of hydrogen-bond acceptors (Lipinski definition) is 4. The van der Waals surface area contributed by atoms with Crippen molar-refractivity contribution < 1.29 is 9.90 Å². The molecular weight excluding hydrogens is 496 g/mol. The largest absolute Gasteiger partial charge is 0.507 e. The maximum atomic E-state index is 14.2. The fourth-order valence-electron chi connectivity index (χ4n) is 5.20. The van der Waals surface area contributed by atoms with E-state index in [1.165, 1.54) is 9.69 Å². The van der Waals surface area contributed by atoms with E-state index >= 15 is 0 Å². The Morgan fingerprint density at radius 2 is 1.65 bits per heavy atom. The van der Waals surface area contributed by atoms with Gasteiger partial charge in [-0.15, -0.1) is 0 Å². The van der Waals surface area contributed by atoms with Crippen LogP contribution in [0, 0.1) is 6.92 Å². The molecule has 34 heavy (non-hydrogen) atoms. The minimum atomic E-state index is -1.31. The molecule has 0 saturated carbocycles. The Morgan fingerprint density at radius 3 is 2.41 bits per heavy atom. The third-order valence-corrected chi connectivity index (χ3v) is 7.12. The fraction of sp³-hybridized carbons (Fsp3) is 0.115. The molecule has 1 spiro atoms. The number of halogens is 1. The lowest BCUT2D eigenvalue weighted by Crippen LogP contribution is -2.48. The van der Waals surface area contributed by atoms with Crippen LogP contribution in [-0.4, -0.2) is 26.1 Å². The number of aromatic hydroxyl groups is 1. The highest BCUT2D eigenvalue weighted by atomic mass is 79.9. The molecule has 0 aliphatic carbocycles. The van der Waals surface area contributed by atoms with E-state index in [2.05, 4.69) is 21.0 Å². The van der Waals surface area contributed by atoms with Gasteiger partial charge in [-0.25, -0.2) is 4.68 Å². The Labute approximate surface area is 203 Å². The Hall–Kier alpha value is -3.91. The smallest absolute Gasteiger partial charge is 0.285 e. The van der Waals surface area contributed by atoms with Crippen LogP contribution in [0.1, 0.15) is 18.2 Å². The number of fused-ring (bicyclic) bond motifs is 5. The molecule has 1 amide bonds. The van der Waals surface area contributed by atoms with Gasteiger partial charge in [0, 0.05) is 21.3 Å². The van der Waals surface area contributed by atoms with Crippen LogP contribution >= 0.6 is 15.9 Å². The molecule has 3 heterocycles. The van der Waals surface area contributed by atoms with Gasteiger partial charge in [-0.3, -0.25) is 14.3 Å². The number of para-hydroxylation sites is 2.